The number of nitrogens with zero attached hydrogens (tertiary/aromatic N) is 2. The van der Waals surface area contributed by atoms with Crippen molar-refractivity contribution in [1.82, 2.24) is 0 Å². The molecular weight excluding hydrogens is 236 g/mol. The Morgan fingerprint density at radius 2 is 1.84 bits per heavy atom. The number of ether oxygens (including phenoxy) is 1. The first-order chi connectivity index (χ1) is 9.24. The normalized spacial score (nSPS) is 13.3. The summed E-state index contributed by atoms with van der Waals surface area (Å²) in [6, 6.07) is 16.5. The summed E-state index contributed by atoms with van der Waals surface area (Å²) in [6.45, 7) is 0.554. The van der Waals surface area contributed by atoms with Gasteiger partial charge in [-0.25, -0.2) is 0 Å². The second-order valence-corrected chi connectivity index (χ2v) is 4.82. The van der Waals surface area contributed by atoms with Gasteiger partial charge in [0, 0.05) is 31.9 Å². The average Bonchev–Trinajstić information content (AvgIpc) is 2.47. The number of fused-ring (bicyclic) bond motifs is 1. The Bertz CT molecular complexity index is 618. The number of hydrogen-bond acceptors (Lipinski definition) is 2. The van der Waals surface area contributed by atoms with Crippen molar-refractivity contribution in [2.75, 3.05) is 25.7 Å². The van der Waals surface area contributed by atoms with Gasteiger partial charge in [0.15, 0.2) is 6.21 Å². The van der Waals surface area contributed by atoms with Crippen LogP contribution in [0.25, 0.3) is 0 Å². The maximum Gasteiger partial charge on any atom is 0.292 e. The fraction of sp³-hybridized carbons (Fsp3) is 0.188. The number of benzene rings is 2. The monoisotopic (exact) mass is 253 g/mol. The lowest BCUT2D eigenvalue weighted by Crippen LogP contribution is -2.21. The van der Waals surface area contributed by atoms with Gasteiger partial charge in [-0.2, -0.15) is 4.58 Å². The molecule has 2 aromatic rings. The van der Waals surface area contributed by atoms with Crippen LogP contribution in [-0.2, 0) is 0 Å². The molecule has 0 atom stereocenters. The van der Waals surface area contributed by atoms with Crippen molar-refractivity contribution in [2.24, 2.45) is 0 Å². The predicted molar refractivity (Wildman–Crippen MR) is 77.8 cm³/mol. The van der Waals surface area contributed by atoms with Gasteiger partial charge in [0.2, 0.25) is 5.69 Å². The Hall–Kier alpha value is -2.29. The molecule has 0 bridgehead atoms. The quantitative estimate of drug-likeness (QED) is 0.765. The number of anilines is 1. The number of para-hydroxylation sites is 1. The molecule has 1 aliphatic rings. The van der Waals surface area contributed by atoms with Crippen LogP contribution in [0.15, 0.2) is 48.5 Å². The summed E-state index contributed by atoms with van der Waals surface area (Å²) in [5.74, 6) is 0.942. The Balaban J connectivity index is 2.02. The van der Waals surface area contributed by atoms with Crippen molar-refractivity contribution in [3.05, 3.63) is 54.1 Å². The number of hydrogen-bond donors (Lipinski definition) is 0. The largest absolute Gasteiger partial charge is 0.435 e. The molecule has 0 spiro atoms. The van der Waals surface area contributed by atoms with Crippen LogP contribution in [0, 0.1) is 0 Å². The van der Waals surface area contributed by atoms with E-state index in [0.717, 1.165) is 17.0 Å². The van der Waals surface area contributed by atoms with E-state index in [2.05, 4.69) is 40.0 Å². The first kappa shape index (κ1) is 11.8. The van der Waals surface area contributed by atoms with Crippen LogP contribution in [0.5, 0.6) is 5.75 Å². The summed E-state index contributed by atoms with van der Waals surface area (Å²) < 4.78 is 7.91. The van der Waals surface area contributed by atoms with Crippen molar-refractivity contribution >= 4 is 17.6 Å². The molecule has 0 N–H and O–H groups in total. The summed E-state index contributed by atoms with van der Waals surface area (Å²) >= 11 is 0. The van der Waals surface area contributed by atoms with Crippen LogP contribution in [0.4, 0.5) is 11.4 Å². The van der Waals surface area contributed by atoms with Crippen LogP contribution in [0.3, 0.4) is 0 Å². The van der Waals surface area contributed by atoms with Gasteiger partial charge in [0.1, 0.15) is 5.75 Å². The van der Waals surface area contributed by atoms with Gasteiger partial charge in [-0.15, -0.1) is 0 Å². The summed E-state index contributed by atoms with van der Waals surface area (Å²) in [4.78, 5) is 2.09. The van der Waals surface area contributed by atoms with Gasteiger partial charge in [-0.1, -0.05) is 18.2 Å². The van der Waals surface area contributed by atoms with Gasteiger partial charge in [0.05, 0.1) is 5.56 Å². The molecule has 0 amide bonds. The first-order valence-electron chi connectivity index (χ1n) is 6.35. The third-order valence-corrected chi connectivity index (χ3v) is 3.25. The minimum atomic E-state index is 0.554. The SMILES string of the molecule is CN(C)c1ccc2c(c1)C=[N+](c1ccccc1)CO2. The van der Waals surface area contributed by atoms with Crippen molar-refractivity contribution in [2.45, 2.75) is 0 Å². The Labute approximate surface area is 113 Å². The standard InChI is InChI=1S/C16H17N2O/c1-17(2)15-8-9-16-13(10-15)11-18(12-19-16)14-6-4-3-5-7-14/h3-11H,12H2,1-2H3/q+1. The fourth-order valence-corrected chi connectivity index (χ4v) is 2.16. The van der Waals surface area contributed by atoms with E-state index in [9.17, 15) is 0 Å². The lowest BCUT2D eigenvalue weighted by atomic mass is 10.1. The number of rotatable bonds is 2. The summed E-state index contributed by atoms with van der Waals surface area (Å²) in [6.07, 6.45) is 2.14. The molecule has 3 nitrogen and oxygen atoms in total. The second-order valence-electron chi connectivity index (χ2n) is 4.82. The predicted octanol–water partition coefficient (Wildman–Crippen LogP) is 2.87. The first-order valence-corrected chi connectivity index (χ1v) is 6.35. The second kappa shape index (κ2) is 4.76. The van der Waals surface area contributed by atoms with Crippen molar-refractivity contribution < 1.29 is 9.31 Å². The molecule has 1 heterocycles. The lowest BCUT2D eigenvalue weighted by molar-refractivity contribution is -0.476. The van der Waals surface area contributed by atoms with Crippen molar-refractivity contribution in [3.63, 3.8) is 0 Å². The Morgan fingerprint density at radius 3 is 2.58 bits per heavy atom. The Kier molecular flexibility index (Phi) is 2.95. The minimum Gasteiger partial charge on any atom is -0.435 e. The fourth-order valence-electron chi connectivity index (χ4n) is 2.16. The molecule has 0 aromatic heterocycles. The van der Waals surface area contributed by atoms with Crippen LogP contribution in [0.2, 0.25) is 0 Å². The van der Waals surface area contributed by atoms with Gasteiger partial charge in [0.25, 0.3) is 6.73 Å². The summed E-state index contributed by atoms with van der Waals surface area (Å²) in [5.41, 5.74) is 3.43. The third kappa shape index (κ3) is 2.32. The molecule has 0 unspecified atom stereocenters. The van der Waals surface area contributed by atoms with Gasteiger partial charge in [-0.05, 0) is 18.2 Å². The molecule has 0 aliphatic carbocycles. The molecule has 0 saturated heterocycles. The zero-order valence-electron chi connectivity index (χ0n) is 11.2. The highest BCUT2D eigenvalue weighted by atomic mass is 16.5. The van der Waals surface area contributed by atoms with E-state index in [1.807, 2.05) is 38.4 Å². The van der Waals surface area contributed by atoms with Crippen LogP contribution in [-0.4, -0.2) is 31.6 Å². The highest BCUT2D eigenvalue weighted by Gasteiger charge is 2.18. The molecule has 96 valence electrons. The molecule has 3 rings (SSSR count). The average molecular weight is 253 g/mol. The van der Waals surface area contributed by atoms with E-state index in [1.54, 1.807) is 0 Å². The van der Waals surface area contributed by atoms with E-state index < -0.39 is 0 Å². The zero-order chi connectivity index (χ0) is 13.2. The molecule has 0 saturated carbocycles. The molecule has 2 aromatic carbocycles. The highest BCUT2D eigenvalue weighted by Crippen LogP contribution is 2.26. The van der Waals surface area contributed by atoms with E-state index >= 15 is 0 Å². The van der Waals surface area contributed by atoms with E-state index in [1.165, 1.54) is 5.69 Å². The van der Waals surface area contributed by atoms with Gasteiger partial charge in [-0.3, -0.25) is 0 Å². The van der Waals surface area contributed by atoms with Crippen LogP contribution >= 0.6 is 0 Å². The van der Waals surface area contributed by atoms with Crippen LogP contribution in [0.1, 0.15) is 5.56 Å². The summed E-state index contributed by atoms with van der Waals surface area (Å²) in [5, 5.41) is 0. The van der Waals surface area contributed by atoms with E-state index in [0.29, 0.717) is 6.73 Å². The molecular formula is C16H17N2O+. The molecule has 0 radical (unpaired) electrons. The molecule has 0 fully saturated rings. The van der Waals surface area contributed by atoms with Crippen molar-refractivity contribution in [3.8, 4) is 5.75 Å². The lowest BCUT2D eigenvalue weighted by Gasteiger charge is -2.17. The third-order valence-electron chi connectivity index (χ3n) is 3.25. The summed E-state index contributed by atoms with van der Waals surface area (Å²) in [7, 11) is 4.08. The van der Waals surface area contributed by atoms with Gasteiger partial charge >= 0.3 is 0 Å². The Morgan fingerprint density at radius 1 is 1.05 bits per heavy atom. The highest BCUT2D eigenvalue weighted by molar-refractivity contribution is 5.83. The molecule has 19 heavy (non-hydrogen) atoms. The minimum absolute atomic E-state index is 0.554. The maximum atomic E-state index is 5.80. The topological polar surface area (TPSA) is 15.5 Å². The van der Waals surface area contributed by atoms with E-state index in [4.69, 9.17) is 4.74 Å². The van der Waals surface area contributed by atoms with E-state index in [-0.39, 0.29) is 0 Å². The van der Waals surface area contributed by atoms with Crippen LogP contribution < -0.4 is 9.64 Å². The maximum absolute atomic E-state index is 5.80. The van der Waals surface area contributed by atoms with Crippen molar-refractivity contribution in [1.29, 1.82) is 0 Å². The molecule has 1 aliphatic heterocycles. The van der Waals surface area contributed by atoms with Gasteiger partial charge < -0.3 is 9.64 Å². The molecule has 3 heteroatoms. The smallest absolute Gasteiger partial charge is 0.292 e. The zero-order valence-corrected chi connectivity index (χ0v) is 11.2.